The first-order valence-electron chi connectivity index (χ1n) is 10.1. The maximum Gasteiger partial charge on any atom is 0.288 e. The Labute approximate surface area is 209 Å². The molecule has 7 nitrogen and oxygen atoms in total. The number of rotatable bonds is 6. The number of hydrogen-bond donors (Lipinski definition) is 0. The van der Waals surface area contributed by atoms with Crippen molar-refractivity contribution in [1.29, 1.82) is 0 Å². The van der Waals surface area contributed by atoms with E-state index in [2.05, 4.69) is 0 Å². The number of aromatic nitrogens is 1. The van der Waals surface area contributed by atoms with Crippen LogP contribution in [0.25, 0.3) is 11.3 Å². The topological polar surface area (TPSA) is 85.6 Å². The number of nitro benzene ring substituents is 1. The fourth-order valence-corrected chi connectivity index (χ4v) is 5.27. The van der Waals surface area contributed by atoms with Crippen LogP contribution >= 0.6 is 46.1 Å². The van der Waals surface area contributed by atoms with Gasteiger partial charge >= 0.3 is 0 Å². The van der Waals surface area contributed by atoms with E-state index < -0.39 is 4.92 Å². The van der Waals surface area contributed by atoms with Gasteiger partial charge in [-0.15, -0.1) is 11.3 Å². The second kappa shape index (κ2) is 10.3. The average molecular weight is 527 g/mol. The molecule has 11 heteroatoms. The minimum Gasteiger partial charge on any atom is -0.482 e. The van der Waals surface area contributed by atoms with Crippen molar-refractivity contribution in [1.82, 2.24) is 9.88 Å². The van der Waals surface area contributed by atoms with Gasteiger partial charge in [-0.1, -0.05) is 40.9 Å². The van der Waals surface area contributed by atoms with Crippen molar-refractivity contribution in [3.05, 3.63) is 72.0 Å². The number of carbonyl (C=O) groups excluding carboxylic acids is 1. The summed E-state index contributed by atoms with van der Waals surface area (Å²) in [5.74, 6) is 0.538. The molecule has 1 aliphatic heterocycles. The van der Waals surface area contributed by atoms with Crippen molar-refractivity contribution in [2.45, 2.75) is 18.8 Å². The Balaban J connectivity index is 1.34. The fourth-order valence-electron chi connectivity index (χ4n) is 3.62. The molecular formula is C22H18Cl3N3O4S. The third-order valence-electron chi connectivity index (χ3n) is 5.40. The van der Waals surface area contributed by atoms with Crippen LogP contribution in [-0.2, 0) is 4.79 Å². The summed E-state index contributed by atoms with van der Waals surface area (Å²) in [7, 11) is 0. The van der Waals surface area contributed by atoms with Crippen molar-refractivity contribution >= 4 is 57.7 Å². The van der Waals surface area contributed by atoms with E-state index in [-0.39, 0.29) is 29.1 Å². The second-order valence-electron chi connectivity index (χ2n) is 7.51. The van der Waals surface area contributed by atoms with Gasteiger partial charge in [-0.05, 0) is 37.1 Å². The van der Waals surface area contributed by atoms with Gasteiger partial charge in [0.05, 0.1) is 20.6 Å². The Bertz CT molecular complexity index is 1200. The molecule has 0 N–H and O–H groups in total. The molecule has 0 atom stereocenters. The summed E-state index contributed by atoms with van der Waals surface area (Å²) in [6.07, 6.45) is 1.56. The first-order chi connectivity index (χ1) is 15.8. The molecule has 4 rings (SSSR count). The van der Waals surface area contributed by atoms with Crippen LogP contribution in [0.15, 0.2) is 41.8 Å². The molecule has 3 aromatic rings. The third-order valence-corrected chi connectivity index (χ3v) is 7.26. The fraction of sp³-hybridized carbons (Fsp3) is 0.273. The lowest BCUT2D eigenvalue weighted by Crippen LogP contribution is -2.40. The highest BCUT2D eigenvalue weighted by Gasteiger charge is 2.26. The number of amides is 1. The predicted molar refractivity (Wildman–Crippen MR) is 130 cm³/mol. The summed E-state index contributed by atoms with van der Waals surface area (Å²) in [5, 5.41) is 15.0. The number of piperidine rings is 1. The highest BCUT2D eigenvalue weighted by molar-refractivity contribution is 7.10. The normalized spacial score (nSPS) is 14.3. The van der Waals surface area contributed by atoms with Gasteiger partial charge in [0.1, 0.15) is 10.8 Å². The SMILES string of the molecule is O=C(COc1ccc(Cl)cc1Cl)N1CCC(c2nc(-c3ccc(Cl)c([N+](=O)[O-])c3)cs2)CC1. The van der Waals surface area contributed by atoms with E-state index in [1.54, 1.807) is 29.2 Å². The Kier molecular flexibility index (Phi) is 7.38. The van der Waals surface area contributed by atoms with E-state index in [1.165, 1.54) is 23.5 Å². The van der Waals surface area contributed by atoms with Crippen LogP contribution in [0.1, 0.15) is 23.8 Å². The van der Waals surface area contributed by atoms with Gasteiger partial charge in [0.25, 0.3) is 11.6 Å². The van der Waals surface area contributed by atoms with Crippen LogP contribution in [0, 0.1) is 10.1 Å². The van der Waals surface area contributed by atoms with Gasteiger partial charge in [0, 0.05) is 41.0 Å². The van der Waals surface area contributed by atoms with Gasteiger partial charge in [-0.25, -0.2) is 4.98 Å². The molecule has 172 valence electrons. The van der Waals surface area contributed by atoms with Crippen molar-refractivity contribution in [2.75, 3.05) is 19.7 Å². The zero-order valence-corrected chi connectivity index (χ0v) is 20.3. The summed E-state index contributed by atoms with van der Waals surface area (Å²) in [6, 6.07) is 9.54. The van der Waals surface area contributed by atoms with Gasteiger partial charge in [-0.2, -0.15) is 0 Å². The van der Waals surface area contributed by atoms with E-state index in [0.717, 1.165) is 17.8 Å². The Morgan fingerprint density at radius 1 is 1.15 bits per heavy atom. The second-order valence-corrected chi connectivity index (χ2v) is 9.65. The minimum atomic E-state index is -0.504. The van der Waals surface area contributed by atoms with Crippen LogP contribution in [-0.4, -0.2) is 40.4 Å². The lowest BCUT2D eigenvalue weighted by Gasteiger charge is -2.31. The number of likely N-dealkylation sites (tertiary alicyclic amines) is 1. The van der Waals surface area contributed by atoms with Crippen LogP contribution in [0.2, 0.25) is 15.1 Å². The number of nitrogens with zero attached hydrogens (tertiary/aromatic N) is 3. The highest BCUT2D eigenvalue weighted by Crippen LogP contribution is 2.35. The Morgan fingerprint density at radius 2 is 1.91 bits per heavy atom. The summed E-state index contributed by atoms with van der Waals surface area (Å²) in [4.78, 5) is 29.7. The molecule has 2 aromatic carbocycles. The number of halogens is 3. The molecule has 1 aliphatic rings. The van der Waals surface area contributed by atoms with E-state index in [1.807, 2.05) is 5.38 Å². The molecule has 1 fully saturated rings. The molecule has 0 saturated carbocycles. The Hall–Kier alpha value is -2.39. The maximum atomic E-state index is 12.5. The Morgan fingerprint density at radius 3 is 2.61 bits per heavy atom. The van der Waals surface area contributed by atoms with Crippen LogP contribution < -0.4 is 4.74 Å². The van der Waals surface area contributed by atoms with Crippen molar-refractivity contribution in [3.8, 4) is 17.0 Å². The largest absolute Gasteiger partial charge is 0.482 e. The first kappa shape index (κ1) is 23.8. The molecule has 0 radical (unpaired) electrons. The number of benzene rings is 2. The van der Waals surface area contributed by atoms with Crippen molar-refractivity contribution in [3.63, 3.8) is 0 Å². The smallest absolute Gasteiger partial charge is 0.288 e. The summed E-state index contributed by atoms with van der Waals surface area (Å²) in [5.41, 5.74) is 1.19. The molecule has 2 heterocycles. The molecule has 0 spiro atoms. The average Bonchev–Trinajstić information content (AvgIpc) is 3.29. The number of thiazole rings is 1. The van der Waals surface area contributed by atoms with Crippen molar-refractivity contribution < 1.29 is 14.5 Å². The molecule has 0 bridgehead atoms. The number of hydrogen-bond acceptors (Lipinski definition) is 6. The maximum absolute atomic E-state index is 12.5. The van der Waals surface area contributed by atoms with Gasteiger partial charge in [0.2, 0.25) is 0 Å². The summed E-state index contributed by atoms with van der Waals surface area (Å²) < 4.78 is 5.56. The third kappa shape index (κ3) is 5.58. The van der Waals surface area contributed by atoms with Crippen molar-refractivity contribution in [2.24, 2.45) is 0 Å². The zero-order valence-electron chi connectivity index (χ0n) is 17.2. The number of nitro groups is 1. The highest BCUT2D eigenvalue weighted by atomic mass is 35.5. The molecule has 1 aromatic heterocycles. The van der Waals surface area contributed by atoms with E-state index in [4.69, 9.17) is 44.5 Å². The summed E-state index contributed by atoms with van der Waals surface area (Å²) >= 11 is 19.4. The van der Waals surface area contributed by atoms with Gasteiger partial charge < -0.3 is 9.64 Å². The lowest BCUT2D eigenvalue weighted by molar-refractivity contribution is -0.384. The molecule has 0 unspecified atom stereocenters. The van der Waals surface area contributed by atoms with Crippen LogP contribution in [0.4, 0.5) is 5.69 Å². The minimum absolute atomic E-state index is 0.0945. The number of carbonyl (C=O) groups is 1. The standard InChI is InChI=1S/C22H18Cl3N3O4S/c23-15-2-4-20(17(25)10-15)32-11-21(29)27-7-5-13(6-8-27)22-26-18(12-33-22)14-1-3-16(24)19(9-14)28(30)31/h1-4,9-10,12-13H,5-8,11H2. The van der Waals surface area contributed by atoms with E-state index >= 15 is 0 Å². The molecular weight excluding hydrogens is 509 g/mol. The summed E-state index contributed by atoms with van der Waals surface area (Å²) in [6.45, 7) is 1.11. The van der Waals surface area contributed by atoms with Crippen LogP contribution in [0.3, 0.4) is 0 Å². The van der Waals surface area contributed by atoms with Gasteiger partial charge in [0.15, 0.2) is 6.61 Å². The predicted octanol–water partition coefficient (Wildman–Crippen LogP) is 6.46. The monoisotopic (exact) mass is 525 g/mol. The zero-order chi connectivity index (χ0) is 23.5. The van der Waals surface area contributed by atoms with Gasteiger partial charge in [-0.3, -0.25) is 14.9 Å². The molecule has 0 aliphatic carbocycles. The molecule has 1 saturated heterocycles. The van der Waals surface area contributed by atoms with Crippen LogP contribution in [0.5, 0.6) is 5.75 Å². The quantitative estimate of drug-likeness (QED) is 0.272. The first-order valence-corrected chi connectivity index (χ1v) is 12.1. The lowest BCUT2D eigenvalue weighted by atomic mass is 9.97. The molecule has 33 heavy (non-hydrogen) atoms. The van der Waals surface area contributed by atoms with E-state index in [0.29, 0.717) is 40.1 Å². The number of ether oxygens (including phenoxy) is 1. The van der Waals surface area contributed by atoms with E-state index in [9.17, 15) is 14.9 Å². The molecule has 1 amide bonds.